The van der Waals surface area contributed by atoms with Crippen LogP contribution in [-0.4, -0.2) is 11.5 Å². The number of pyridine rings is 1. The molecule has 2 N–H and O–H groups in total. The Balaban J connectivity index is 2.99. The van der Waals surface area contributed by atoms with E-state index < -0.39 is 0 Å². The van der Waals surface area contributed by atoms with Gasteiger partial charge in [0.15, 0.2) is 0 Å². The first-order valence-corrected chi connectivity index (χ1v) is 4.82. The molecule has 0 aliphatic rings. The summed E-state index contributed by atoms with van der Waals surface area (Å²) in [6.45, 7) is 6.95. The normalized spacial score (nSPS) is 12.9. The molecule has 0 aliphatic heterocycles. The zero-order valence-corrected chi connectivity index (χ0v) is 8.67. The zero-order valence-electron chi connectivity index (χ0n) is 8.67. The fraction of sp³-hybridized carbons (Fsp3) is 0.545. The van der Waals surface area contributed by atoms with Crippen molar-refractivity contribution in [1.82, 2.24) is 4.98 Å². The molecule has 0 aromatic carbocycles. The van der Waals surface area contributed by atoms with Gasteiger partial charge in [-0.25, -0.2) is 0 Å². The molecule has 0 amide bonds. The largest absolute Gasteiger partial charge is 0.330 e. The summed E-state index contributed by atoms with van der Waals surface area (Å²) < 4.78 is 0. The van der Waals surface area contributed by atoms with Gasteiger partial charge in [-0.2, -0.15) is 0 Å². The summed E-state index contributed by atoms with van der Waals surface area (Å²) in [5, 5.41) is 0. The molecule has 1 heterocycles. The van der Waals surface area contributed by atoms with E-state index >= 15 is 0 Å². The molecule has 1 aromatic rings. The third-order valence-electron chi connectivity index (χ3n) is 2.35. The van der Waals surface area contributed by atoms with Crippen molar-refractivity contribution in [2.24, 2.45) is 5.73 Å². The Bertz CT molecular complexity index is 257. The second kappa shape index (κ2) is 4.38. The van der Waals surface area contributed by atoms with E-state index in [0.717, 1.165) is 24.4 Å². The molecule has 0 aliphatic carbocycles. The summed E-state index contributed by atoms with van der Waals surface area (Å²) in [6.07, 6.45) is 1.10. The highest BCUT2D eigenvalue weighted by Gasteiger charge is 2.07. The lowest BCUT2D eigenvalue weighted by Gasteiger charge is -2.13. The van der Waals surface area contributed by atoms with Gasteiger partial charge < -0.3 is 5.73 Å². The van der Waals surface area contributed by atoms with Gasteiger partial charge in [-0.3, -0.25) is 4.98 Å². The van der Waals surface area contributed by atoms with Crippen LogP contribution in [0.3, 0.4) is 0 Å². The van der Waals surface area contributed by atoms with Crippen molar-refractivity contribution in [2.75, 3.05) is 6.54 Å². The van der Waals surface area contributed by atoms with Crippen molar-refractivity contribution >= 4 is 0 Å². The molecule has 1 aromatic heterocycles. The van der Waals surface area contributed by atoms with Crippen molar-refractivity contribution in [3.8, 4) is 0 Å². The third kappa shape index (κ3) is 2.52. The summed E-state index contributed by atoms with van der Waals surface area (Å²) in [5.41, 5.74) is 9.19. The fourth-order valence-corrected chi connectivity index (χ4v) is 1.64. The number of rotatable bonds is 3. The molecule has 2 nitrogen and oxygen atoms in total. The molecule has 0 fully saturated rings. The minimum absolute atomic E-state index is 0.486. The summed E-state index contributed by atoms with van der Waals surface area (Å²) >= 11 is 0. The smallest absolute Gasteiger partial charge is 0.0378 e. The lowest BCUT2D eigenvalue weighted by atomic mass is 9.96. The van der Waals surface area contributed by atoms with E-state index in [-0.39, 0.29) is 0 Å². The van der Waals surface area contributed by atoms with Crippen molar-refractivity contribution in [3.63, 3.8) is 0 Å². The van der Waals surface area contributed by atoms with Crippen molar-refractivity contribution in [3.05, 3.63) is 29.1 Å². The number of hydrogen-bond donors (Lipinski definition) is 1. The highest BCUT2D eigenvalue weighted by molar-refractivity contribution is 5.24. The lowest BCUT2D eigenvalue weighted by Crippen LogP contribution is -2.12. The first-order chi connectivity index (χ1) is 6.17. The fourth-order valence-electron chi connectivity index (χ4n) is 1.64. The van der Waals surface area contributed by atoms with E-state index in [1.165, 1.54) is 5.56 Å². The molecule has 0 spiro atoms. The van der Waals surface area contributed by atoms with Gasteiger partial charge in [0, 0.05) is 11.4 Å². The molecule has 1 unspecified atom stereocenters. The van der Waals surface area contributed by atoms with Crippen LogP contribution in [0.2, 0.25) is 0 Å². The second-order valence-electron chi connectivity index (χ2n) is 3.52. The van der Waals surface area contributed by atoms with E-state index in [4.69, 9.17) is 5.73 Å². The van der Waals surface area contributed by atoms with Crippen molar-refractivity contribution in [2.45, 2.75) is 33.1 Å². The minimum Gasteiger partial charge on any atom is -0.330 e. The van der Waals surface area contributed by atoms with Crippen LogP contribution < -0.4 is 5.73 Å². The second-order valence-corrected chi connectivity index (χ2v) is 3.52. The maximum atomic E-state index is 5.70. The Hall–Kier alpha value is -0.890. The molecule has 0 bridgehead atoms. The Labute approximate surface area is 80.2 Å². The van der Waals surface area contributed by atoms with Crippen LogP contribution in [0.1, 0.15) is 36.2 Å². The molecular formula is C11H18N2. The summed E-state index contributed by atoms with van der Waals surface area (Å²) in [5.74, 6) is 0.486. The molecule has 0 saturated carbocycles. The number of aryl methyl sites for hydroxylation is 2. The van der Waals surface area contributed by atoms with Gasteiger partial charge in [0.25, 0.3) is 0 Å². The van der Waals surface area contributed by atoms with Gasteiger partial charge in [-0.1, -0.05) is 6.92 Å². The molecule has 72 valence electrons. The Morgan fingerprint density at radius 1 is 1.31 bits per heavy atom. The first kappa shape index (κ1) is 10.2. The van der Waals surface area contributed by atoms with Gasteiger partial charge in [-0.15, -0.1) is 0 Å². The van der Waals surface area contributed by atoms with E-state index in [0.29, 0.717) is 5.92 Å². The van der Waals surface area contributed by atoms with Crippen LogP contribution in [0.4, 0.5) is 0 Å². The molecule has 1 atom stereocenters. The molecule has 13 heavy (non-hydrogen) atoms. The van der Waals surface area contributed by atoms with Crippen molar-refractivity contribution < 1.29 is 0 Å². The van der Waals surface area contributed by atoms with Gasteiger partial charge in [-0.05, 0) is 50.4 Å². The average Bonchev–Trinajstić information content (AvgIpc) is 2.04. The molecule has 0 radical (unpaired) electrons. The SMILES string of the molecule is CCC(CN)c1cc(C)nc(C)c1. The standard InChI is InChI=1S/C11H18N2/c1-4-10(7-12)11-5-8(2)13-9(3)6-11/h5-6,10H,4,7,12H2,1-3H3. The quantitative estimate of drug-likeness (QED) is 0.770. The minimum atomic E-state index is 0.486. The Kier molecular flexibility index (Phi) is 3.43. The lowest BCUT2D eigenvalue weighted by molar-refractivity contribution is 0.671. The summed E-state index contributed by atoms with van der Waals surface area (Å²) in [7, 11) is 0. The molecular weight excluding hydrogens is 160 g/mol. The number of aromatic nitrogens is 1. The third-order valence-corrected chi connectivity index (χ3v) is 2.35. The zero-order chi connectivity index (χ0) is 9.84. The van der Waals surface area contributed by atoms with E-state index in [1.807, 2.05) is 13.8 Å². The first-order valence-electron chi connectivity index (χ1n) is 4.82. The van der Waals surface area contributed by atoms with Gasteiger partial charge in [0.2, 0.25) is 0 Å². The van der Waals surface area contributed by atoms with Gasteiger partial charge >= 0.3 is 0 Å². The highest BCUT2D eigenvalue weighted by Crippen LogP contribution is 2.19. The van der Waals surface area contributed by atoms with E-state index in [2.05, 4.69) is 24.0 Å². The van der Waals surface area contributed by atoms with Crippen LogP contribution in [0.25, 0.3) is 0 Å². The van der Waals surface area contributed by atoms with E-state index in [1.54, 1.807) is 0 Å². The Morgan fingerprint density at radius 3 is 2.23 bits per heavy atom. The predicted molar refractivity (Wildman–Crippen MR) is 55.8 cm³/mol. The van der Waals surface area contributed by atoms with Crippen LogP contribution in [0.15, 0.2) is 12.1 Å². The van der Waals surface area contributed by atoms with Crippen molar-refractivity contribution in [1.29, 1.82) is 0 Å². The summed E-state index contributed by atoms with van der Waals surface area (Å²) in [4.78, 5) is 4.34. The maximum absolute atomic E-state index is 5.70. The average molecular weight is 178 g/mol. The highest BCUT2D eigenvalue weighted by atomic mass is 14.7. The predicted octanol–water partition coefficient (Wildman–Crippen LogP) is 2.15. The maximum Gasteiger partial charge on any atom is 0.0378 e. The van der Waals surface area contributed by atoms with Crippen LogP contribution >= 0.6 is 0 Å². The van der Waals surface area contributed by atoms with Crippen LogP contribution in [-0.2, 0) is 0 Å². The van der Waals surface area contributed by atoms with E-state index in [9.17, 15) is 0 Å². The van der Waals surface area contributed by atoms with Crippen LogP contribution in [0, 0.1) is 13.8 Å². The van der Waals surface area contributed by atoms with Gasteiger partial charge in [0.1, 0.15) is 0 Å². The molecule has 1 rings (SSSR count). The molecule has 2 heteroatoms. The summed E-state index contributed by atoms with van der Waals surface area (Å²) in [6, 6.07) is 4.27. The molecule has 0 saturated heterocycles. The number of nitrogens with two attached hydrogens (primary N) is 1. The van der Waals surface area contributed by atoms with Gasteiger partial charge in [0.05, 0.1) is 0 Å². The topological polar surface area (TPSA) is 38.9 Å². The van der Waals surface area contributed by atoms with Crippen LogP contribution in [0.5, 0.6) is 0 Å². The number of hydrogen-bond acceptors (Lipinski definition) is 2. The monoisotopic (exact) mass is 178 g/mol. The Morgan fingerprint density at radius 2 is 1.85 bits per heavy atom. The number of nitrogens with zero attached hydrogens (tertiary/aromatic N) is 1.